The average molecular weight is 274 g/mol. The highest BCUT2D eigenvalue weighted by molar-refractivity contribution is 5.30. The SMILES string of the molecule is CNC(CCN(C)CC1CCC1)c1cc(C)cc(C)c1. The van der Waals surface area contributed by atoms with E-state index in [1.54, 1.807) is 0 Å². The van der Waals surface area contributed by atoms with Crippen molar-refractivity contribution in [3.05, 3.63) is 34.9 Å². The van der Waals surface area contributed by atoms with E-state index in [2.05, 4.69) is 56.4 Å². The predicted molar refractivity (Wildman–Crippen MR) is 87.2 cm³/mol. The second-order valence-electron chi connectivity index (χ2n) is 6.61. The van der Waals surface area contributed by atoms with Crippen LogP contribution in [0, 0.1) is 19.8 Å². The van der Waals surface area contributed by atoms with Crippen molar-refractivity contribution in [2.45, 2.75) is 45.6 Å². The van der Waals surface area contributed by atoms with Crippen molar-refractivity contribution in [1.29, 1.82) is 0 Å². The predicted octanol–water partition coefficient (Wildman–Crippen LogP) is 3.69. The first-order chi connectivity index (χ1) is 9.58. The minimum atomic E-state index is 0.470. The minimum Gasteiger partial charge on any atom is -0.313 e. The summed E-state index contributed by atoms with van der Waals surface area (Å²) < 4.78 is 0. The van der Waals surface area contributed by atoms with Gasteiger partial charge in [0.15, 0.2) is 0 Å². The number of nitrogens with one attached hydrogen (secondary N) is 1. The van der Waals surface area contributed by atoms with Crippen LogP contribution in [0.3, 0.4) is 0 Å². The van der Waals surface area contributed by atoms with Crippen LogP contribution in [-0.2, 0) is 0 Å². The molecule has 1 atom stereocenters. The van der Waals surface area contributed by atoms with Gasteiger partial charge in [-0.05, 0) is 65.2 Å². The lowest BCUT2D eigenvalue weighted by atomic mass is 9.85. The molecule has 112 valence electrons. The van der Waals surface area contributed by atoms with E-state index in [0.29, 0.717) is 6.04 Å². The van der Waals surface area contributed by atoms with Crippen LogP contribution in [0.5, 0.6) is 0 Å². The van der Waals surface area contributed by atoms with Gasteiger partial charge in [0.1, 0.15) is 0 Å². The summed E-state index contributed by atoms with van der Waals surface area (Å²) in [4.78, 5) is 2.51. The largest absolute Gasteiger partial charge is 0.313 e. The molecule has 0 bridgehead atoms. The summed E-state index contributed by atoms with van der Waals surface area (Å²) in [7, 11) is 4.35. The Morgan fingerprint density at radius 1 is 1.20 bits per heavy atom. The van der Waals surface area contributed by atoms with E-state index in [0.717, 1.165) is 5.92 Å². The van der Waals surface area contributed by atoms with Crippen LogP contribution >= 0.6 is 0 Å². The van der Waals surface area contributed by atoms with Crippen molar-refractivity contribution < 1.29 is 0 Å². The molecule has 1 N–H and O–H groups in total. The monoisotopic (exact) mass is 274 g/mol. The molecule has 1 aliphatic rings. The van der Waals surface area contributed by atoms with Crippen LogP contribution in [0.1, 0.15) is 48.4 Å². The van der Waals surface area contributed by atoms with E-state index in [9.17, 15) is 0 Å². The number of hydrogen-bond acceptors (Lipinski definition) is 2. The molecule has 2 nitrogen and oxygen atoms in total. The molecule has 1 unspecified atom stereocenters. The fraction of sp³-hybridized carbons (Fsp3) is 0.667. The maximum atomic E-state index is 3.48. The number of hydrogen-bond donors (Lipinski definition) is 1. The van der Waals surface area contributed by atoms with Gasteiger partial charge in [0.05, 0.1) is 0 Å². The van der Waals surface area contributed by atoms with Crippen LogP contribution in [0.4, 0.5) is 0 Å². The highest BCUT2D eigenvalue weighted by atomic mass is 15.1. The fourth-order valence-corrected chi connectivity index (χ4v) is 3.25. The lowest BCUT2D eigenvalue weighted by molar-refractivity contribution is 0.199. The van der Waals surface area contributed by atoms with E-state index in [-0.39, 0.29) is 0 Å². The standard InChI is InChI=1S/C18H30N2/c1-14-10-15(2)12-17(11-14)18(19-3)8-9-20(4)13-16-6-5-7-16/h10-12,16,18-19H,5-9,13H2,1-4H3. The van der Waals surface area contributed by atoms with Gasteiger partial charge in [-0.15, -0.1) is 0 Å². The molecule has 1 aromatic rings. The molecule has 1 fully saturated rings. The Hall–Kier alpha value is -0.860. The van der Waals surface area contributed by atoms with Gasteiger partial charge in [-0.3, -0.25) is 0 Å². The van der Waals surface area contributed by atoms with Crippen molar-refractivity contribution in [3.63, 3.8) is 0 Å². The molecular weight excluding hydrogens is 244 g/mol. The molecule has 1 aromatic carbocycles. The lowest BCUT2D eigenvalue weighted by Gasteiger charge is -2.31. The number of rotatable bonds is 7. The van der Waals surface area contributed by atoms with Crippen molar-refractivity contribution in [1.82, 2.24) is 10.2 Å². The Kier molecular flexibility index (Phi) is 5.62. The van der Waals surface area contributed by atoms with Gasteiger partial charge < -0.3 is 10.2 Å². The summed E-state index contributed by atoms with van der Waals surface area (Å²) in [6.45, 7) is 6.83. The maximum absolute atomic E-state index is 3.48. The Morgan fingerprint density at radius 3 is 2.35 bits per heavy atom. The van der Waals surface area contributed by atoms with Gasteiger partial charge in [0.2, 0.25) is 0 Å². The molecule has 0 heterocycles. The highest BCUT2D eigenvalue weighted by Crippen LogP contribution is 2.27. The summed E-state index contributed by atoms with van der Waals surface area (Å²) >= 11 is 0. The van der Waals surface area contributed by atoms with Crippen molar-refractivity contribution in [2.75, 3.05) is 27.2 Å². The molecular formula is C18H30N2. The summed E-state index contributed by atoms with van der Waals surface area (Å²) in [5.41, 5.74) is 4.16. The van der Waals surface area contributed by atoms with E-state index < -0.39 is 0 Å². The molecule has 0 aliphatic heterocycles. The van der Waals surface area contributed by atoms with Crippen molar-refractivity contribution >= 4 is 0 Å². The second-order valence-corrected chi connectivity index (χ2v) is 6.61. The first kappa shape index (κ1) is 15.5. The maximum Gasteiger partial charge on any atom is 0.0329 e. The van der Waals surface area contributed by atoms with Crippen molar-refractivity contribution in [2.24, 2.45) is 5.92 Å². The van der Waals surface area contributed by atoms with Gasteiger partial charge in [0.25, 0.3) is 0 Å². The van der Waals surface area contributed by atoms with E-state index >= 15 is 0 Å². The molecule has 20 heavy (non-hydrogen) atoms. The number of nitrogens with zero attached hydrogens (tertiary/aromatic N) is 1. The van der Waals surface area contributed by atoms with Crippen LogP contribution in [0.15, 0.2) is 18.2 Å². The van der Waals surface area contributed by atoms with Gasteiger partial charge in [-0.2, -0.15) is 0 Å². The zero-order chi connectivity index (χ0) is 14.5. The van der Waals surface area contributed by atoms with Gasteiger partial charge in [-0.1, -0.05) is 35.7 Å². The molecule has 0 spiro atoms. The molecule has 1 saturated carbocycles. The zero-order valence-corrected chi connectivity index (χ0v) is 13.6. The smallest absolute Gasteiger partial charge is 0.0329 e. The third kappa shape index (κ3) is 4.32. The number of aryl methyl sites for hydroxylation is 2. The molecule has 1 aliphatic carbocycles. The average Bonchev–Trinajstić information content (AvgIpc) is 2.33. The van der Waals surface area contributed by atoms with E-state index in [1.807, 2.05) is 0 Å². The molecule has 0 radical (unpaired) electrons. The summed E-state index contributed by atoms with van der Waals surface area (Å²) in [5.74, 6) is 0.967. The third-order valence-electron chi connectivity index (χ3n) is 4.59. The molecule has 0 aromatic heterocycles. The van der Waals surface area contributed by atoms with Gasteiger partial charge >= 0.3 is 0 Å². The van der Waals surface area contributed by atoms with Crippen molar-refractivity contribution in [3.8, 4) is 0 Å². The van der Waals surface area contributed by atoms with Crippen LogP contribution in [0.25, 0.3) is 0 Å². The number of benzene rings is 1. The first-order valence-electron chi connectivity index (χ1n) is 8.02. The van der Waals surface area contributed by atoms with E-state index in [4.69, 9.17) is 0 Å². The summed E-state index contributed by atoms with van der Waals surface area (Å²) in [5, 5.41) is 3.48. The Bertz CT molecular complexity index is 403. The molecule has 0 saturated heterocycles. The topological polar surface area (TPSA) is 15.3 Å². The molecule has 2 heteroatoms. The lowest BCUT2D eigenvalue weighted by Crippen LogP contribution is -2.32. The Labute approximate surface area is 124 Å². The Morgan fingerprint density at radius 2 is 1.85 bits per heavy atom. The van der Waals surface area contributed by atoms with Crippen LogP contribution < -0.4 is 5.32 Å². The molecule has 2 rings (SSSR count). The summed E-state index contributed by atoms with van der Waals surface area (Å²) in [6.07, 6.45) is 5.51. The molecule has 0 amide bonds. The first-order valence-corrected chi connectivity index (χ1v) is 8.02. The minimum absolute atomic E-state index is 0.470. The normalized spacial score (nSPS) is 17.2. The zero-order valence-electron chi connectivity index (χ0n) is 13.6. The fourth-order valence-electron chi connectivity index (χ4n) is 3.25. The third-order valence-corrected chi connectivity index (χ3v) is 4.59. The van der Waals surface area contributed by atoms with Gasteiger partial charge in [-0.25, -0.2) is 0 Å². The highest BCUT2D eigenvalue weighted by Gasteiger charge is 2.19. The second kappa shape index (κ2) is 7.24. The van der Waals surface area contributed by atoms with Crippen LogP contribution in [-0.4, -0.2) is 32.1 Å². The van der Waals surface area contributed by atoms with Crippen LogP contribution in [0.2, 0.25) is 0 Å². The Balaban J connectivity index is 1.87. The van der Waals surface area contributed by atoms with Gasteiger partial charge in [0, 0.05) is 12.6 Å². The van der Waals surface area contributed by atoms with E-state index in [1.165, 1.54) is 55.5 Å². The summed E-state index contributed by atoms with van der Waals surface area (Å²) in [6, 6.07) is 7.36. The quantitative estimate of drug-likeness (QED) is 0.816.